The van der Waals surface area contributed by atoms with Gasteiger partial charge in [-0.15, -0.1) is 0 Å². The molecule has 0 bridgehead atoms. The molecule has 1 fully saturated rings. The fourth-order valence-corrected chi connectivity index (χ4v) is 1.93. The van der Waals surface area contributed by atoms with Gasteiger partial charge in [0.1, 0.15) is 6.04 Å². The lowest BCUT2D eigenvalue weighted by Crippen LogP contribution is -2.45. The number of aliphatic carboxylic acids is 1. The van der Waals surface area contributed by atoms with Crippen molar-refractivity contribution < 1.29 is 14.7 Å². The van der Waals surface area contributed by atoms with E-state index in [0.29, 0.717) is 13.0 Å². The standard InChI is InChI=1S/C12H22N2O3/c1-12(2,3)9(13)7-10(15)14-6-4-5-8(14)11(16)17/h8-9H,4-7,13H2,1-3H3,(H,16,17)/t8-,9?/m0/s1. The number of amides is 1. The Morgan fingerprint density at radius 1 is 1.47 bits per heavy atom. The maximum atomic E-state index is 12.0. The van der Waals surface area contributed by atoms with E-state index < -0.39 is 12.0 Å². The van der Waals surface area contributed by atoms with Crippen molar-refractivity contribution in [1.82, 2.24) is 4.90 Å². The van der Waals surface area contributed by atoms with Crippen LogP contribution in [0.5, 0.6) is 0 Å². The zero-order valence-corrected chi connectivity index (χ0v) is 10.8. The minimum atomic E-state index is -0.916. The molecule has 5 heteroatoms. The summed E-state index contributed by atoms with van der Waals surface area (Å²) in [6, 6.07) is -0.903. The van der Waals surface area contributed by atoms with Crippen molar-refractivity contribution in [3.8, 4) is 0 Å². The Hall–Kier alpha value is -1.10. The molecule has 1 amide bonds. The van der Waals surface area contributed by atoms with E-state index in [1.54, 1.807) is 0 Å². The number of carbonyl (C=O) groups excluding carboxylic acids is 1. The average molecular weight is 242 g/mol. The molecule has 1 heterocycles. The summed E-state index contributed by atoms with van der Waals surface area (Å²) < 4.78 is 0. The molecule has 1 aliphatic heterocycles. The molecule has 2 atom stereocenters. The van der Waals surface area contributed by atoms with Gasteiger partial charge in [-0.05, 0) is 18.3 Å². The van der Waals surface area contributed by atoms with Gasteiger partial charge in [0, 0.05) is 19.0 Å². The third kappa shape index (κ3) is 3.43. The highest BCUT2D eigenvalue weighted by Gasteiger charge is 2.35. The van der Waals surface area contributed by atoms with Crippen LogP contribution in [-0.2, 0) is 9.59 Å². The number of hydrogen-bond donors (Lipinski definition) is 2. The van der Waals surface area contributed by atoms with Crippen LogP contribution in [0.3, 0.4) is 0 Å². The largest absolute Gasteiger partial charge is 0.480 e. The SMILES string of the molecule is CC(C)(C)C(N)CC(=O)N1CCC[C@H]1C(=O)O. The summed E-state index contributed by atoms with van der Waals surface area (Å²) in [4.78, 5) is 24.4. The summed E-state index contributed by atoms with van der Waals surface area (Å²) in [5.41, 5.74) is 5.80. The van der Waals surface area contributed by atoms with Gasteiger partial charge < -0.3 is 15.7 Å². The second-order valence-electron chi connectivity index (χ2n) is 5.76. The molecule has 0 saturated carbocycles. The van der Waals surface area contributed by atoms with Gasteiger partial charge in [-0.1, -0.05) is 20.8 Å². The zero-order chi connectivity index (χ0) is 13.2. The highest BCUT2D eigenvalue weighted by Crippen LogP contribution is 2.23. The third-order valence-electron chi connectivity index (χ3n) is 3.37. The minimum absolute atomic E-state index is 0.141. The number of likely N-dealkylation sites (tertiary alicyclic amines) is 1. The molecule has 0 aliphatic carbocycles. The first-order chi connectivity index (χ1) is 7.73. The molecule has 1 unspecified atom stereocenters. The molecule has 1 aliphatic rings. The predicted octanol–water partition coefficient (Wildman–Crippen LogP) is 0.826. The molecule has 0 radical (unpaired) electrons. The smallest absolute Gasteiger partial charge is 0.326 e. The summed E-state index contributed by atoms with van der Waals surface area (Å²) in [7, 11) is 0. The first-order valence-electron chi connectivity index (χ1n) is 6.01. The molecule has 98 valence electrons. The molecule has 0 aromatic rings. The molecule has 0 aromatic heterocycles. The molecule has 1 saturated heterocycles. The number of hydrogen-bond acceptors (Lipinski definition) is 3. The first-order valence-corrected chi connectivity index (χ1v) is 6.01. The average Bonchev–Trinajstić information content (AvgIpc) is 2.63. The number of carboxylic acid groups (broad SMARTS) is 1. The molecule has 5 nitrogen and oxygen atoms in total. The van der Waals surface area contributed by atoms with Crippen molar-refractivity contribution >= 4 is 11.9 Å². The number of nitrogens with two attached hydrogens (primary N) is 1. The Balaban J connectivity index is 2.61. The van der Waals surface area contributed by atoms with E-state index in [-0.39, 0.29) is 23.8 Å². The topological polar surface area (TPSA) is 83.6 Å². The van der Waals surface area contributed by atoms with Crippen LogP contribution in [0.25, 0.3) is 0 Å². The molecule has 17 heavy (non-hydrogen) atoms. The summed E-state index contributed by atoms with van der Waals surface area (Å²) in [6.07, 6.45) is 1.52. The first kappa shape index (κ1) is 14.0. The molecule has 0 spiro atoms. The van der Waals surface area contributed by atoms with Crippen LogP contribution < -0.4 is 5.73 Å². The van der Waals surface area contributed by atoms with Crippen LogP contribution in [0.2, 0.25) is 0 Å². The van der Waals surface area contributed by atoms with Crippen LogP contribution in [0, 0.1) is 5.41 Å². The lowest BCUT2D eigenvalue weighted by Gasteiger charge is -2.29. The lowest BCUT2D eigenvalue weighted by atomic mass is 9.85. The van der Waals surface area contributed by atoms with Crippen LogP contribution in [-0.4, -0.2) is 40.5 Å². The van der Waals surface area contributed by atoms with E-state index in [1.165, 1.54) is 4.90 Å². The minimum Gasteiger partial charge on any atom is -0.480 e. The Morgan fingerprint density at radius 2 is 2.06 bits per heavy atom. The summed E-state index contributed by atoms with van der Waals surface area (Å²) >= 11 is 0. The predicted molar refractivity (Wildman–Crippen MR) is 64.4 cm³/mol. The maximum absolute atomic E-state index is 12.0. The van der Waals surface area contributed by atoms with E-state index >= 15 is 0 Å². The lowest BCUT2D eigenvalue weighted by molar-refractivity contribution is -0.148. The fourth-order valence-electron chi connectivity index (χ4n) is 1.93. The summed E-state index contributed by atoms with van der Waals surface area (Å²) in [6.45, 7) is 6.46. The van der Waals surface area contributed by atoms with Crippen molar-refractivity contribution in [2.75, 3.05) is 6.54 Å². The van der Waals surface area contributed by atoms with E-state index in [1.807, 2.05) is 20.8 Å². The normalized spacial score (nSPS) is 22.6. The van der Waals surface area contributed by atoms with E-state index in [2.05, 4.69) is 0 Å². The van der Waals surface area contributed by atoms with Crippen molar-refractivity contribution in [3.05, 3.63) is 0 Å². The molecular weight excluding hydrogens is 220 g/mol. The Kier molecular flexibility index (Phi) is 4.14. The number of nitrogens with zero attached hydrogens (tertiary/aromatic N) is 1. The Morgan fingerprint density at radius 3 is 2.53 bits per heavy atom. The van der Waals surface area contributed by atoms with Crippen LogP contribution in [0.4, 0.5) is 0 Å². The van der Waals surface area contributed by atoms with Gasteiger partial charge in [-0.25, -0.2) is 4.79 Å². The fraction of sp³-hybridized carbons (Fsp3) is 0.833. The second-order valence-corrected chi connectivity index (χ2v) is 5.76. The van der Waals surface area contributed by atoms with Gasteiger partial charge in [-0.2, -0.15) is 0 Å². The monoisotopic (exact) mass is 242 g/mol. The number of carbonyl (C=O) groups is 2. The molecule has 3 N–H and O–H groups in total. The van der Waals surface area contributed by atoms with Gasteiger partial charge in [-0.3, -0.25) is 4.79 Å². The van der Waals surface area contributed by atoms with E-state index in [0.717, 1.165) is 6.42 Å². The van der Waals surface area contributed by atoms with Gasteiger partial charge in [0.15, 0.2) is 0 Å². The zero-order valence-electron chi connectivity index (χ0n) is 10.8. The van der Waals surface area contributed by atoms with Crippen LogP contribution in [0.1, 0.15) is 40.0 Å². The molecule has 0 aromatic carbocycles. The second kappa shape index (κ2) is 5.04. The Labute approximate surface area is 102 Å². The van der Waals surface area contributed by atoms with E-state index in [4.69, 9.17) is 10.8 Å². The highest BCUT2D eigenvalue weighted by atomic mass is 16.4. The maximum Gasteiger partial charge on any atom is 0.326 e. The van der Waals surface area contributed by atoms with Crippen molar-refractivity contribution in [1.29, 1.82) is 0 Å². The number of rotatable bonds is 3. The van der Waals surface area contributed by atoms with Crippen molar-refractivity contribution in [2.24, 2.45) is 11.1 Å². The third-order valence-corrected chi connectivity index (χ3v) is 3.37. The molecular formula is C12H22N2O3. The van der Waals surface area contributed by atoms with Gasteiger partial charge >= 0.3 is 5.97 Å². The van der Waals surface area contributed by atoms with Gasteiger partial charge in [0.2, 0.25) is 5.91 Å². The highest BCUT2D eigenvalue weighted by molar-refractivity contribution is 5.84. The Bertz CT molecular complexity index is 309. The van der Waals surface area contributed by atoms with Crippen molar-refractivity contribution in [3.63, 3.8) is 0 Å². The number of carboxylic acids is 1. The van der Waals surface area contributed by atoms with Gasteiger partial charge in [0.05, 0.1) is 0 Å². The quantitative estimate of drug-likeness (QED) is 0.767. The summed E-state index contributed by atoms with van der Waals surface area (Å²) in [5.74, 6) is -1.06. The molecule has 1 rings (SSSR count). The van der Waals surface area contributed by atoms with Gasteiger partial charge in [0.25, 0.3) is 0 Å². The van der Waals surface area contributed by atoms with Crippen LogP contribution >= 0.6 is 0 Å². The van der Waals surface area contributed by atoms with Crippen molar-refractivity contribution in [2.45, 2.75) is 52.1 Å². The van der Waals surface area contributed by atoms with E-state index in [9.17, 15) is 9.59 Å². The van der Waals surface area contributed by atoms with Crippen LogP contribution in [0.15, 0.2) is 0 Å². The summed E-state index contributed by atoms with van der Waals surface area (Å²) in [5, 5.41) is 9.00.